The van der Waals surface area contributed by atoms with Crippen LogP contribution in [0.1, 0.15) is 23.2 Å². The molecule has 1 fully saturated rings. The van der Waals surface area contributed by atoms with Crippen molar-refractivity contribution in [2.75, 3.05) is 0 Å². The third-order valence-electron chi connectivity index (χ3n) is 3.06. The second kappa shape index (κ2) is 4.65. The van der Waals surface area contributed by atoms with Gasteiger partial charge < -0.3 is 5.32 Å². The third kappa shape index (κ3) is 2.43. The van der Waals surface area contributed by atoms with Crippen LogP contribution in [0.5, 0.6) is 0 Å². The zero-order chi connectivity index (χ0) is 12.4. The van der Waals surface area contributed by atoms with Gasteiger partial charge in [0, 0.05) is 11.6 Å². The molecule has 0 atom stereocenters. The Hall–Kier alpha value is -2.09. The molecule has 2 heteroatoms. The molecule has 1 aliphatic carbocycles. The number of hydrogen-bond acceptors (Lipinski definition) is 1. The minimum absolute atomic E-state index is 0.0173. The van der Waals surface area contributed by atoms with Crippen molar-refractivity contribution in [3.63, 3.8) is 0 Å². The van der Waals surface area contributed by atoms with Gasteiger partial charge in [0.15, 0.2) is 0 Å². The number of amides is 1. The summed E-state index contributed by atoms with van der Waals surface area (Å²) in [4.78, 5) is 12.0. The van der Waals surface area contributed by atoms with E-state index in [2.05, 4.69) is 11.4 Å². The first-order valence-electron chi connectivity index (χ1n) is 6.21. The van der Waals surface area contributed by atoms with Crippen LogP contribution in [0.15, 0.2) is 48.5 Å². The van der Waals surface area contributed by atoms with Crippen molar-refractivity contribution in [3.8, 4) is 11.1 Å². The topological polar surface area (TPSA) is 29.1 Å². The molecule has 1 saturated carbocycles. The molecule has 0 unspecified atom stereocenters. The van der Waals surface area contributed by atoms with Gasteiger partial charge in [-0.25, -0.2) is 0 Å². The smallest absolute Gasteiger partial charge is 0.251 e. The zero-order valence-corrected chi connectivity index (χ0v) is 10.0. The highest BCUT2D eigenvalue weighted by molar-refractivity contribution is 5.95. The lowest BCUT2D eigenvalue weighted by molar-refractivity contribution is 0.0951. The lowest BCUT2D eigenvalue weighted by Crippen LogP contribution is -2.25. The summed E-state index contributed by atoms with van der Waals surface area (Å²) in [7, 11) is 0. The van der Waals surface area contributed by atoms with Crippen molar-refractivity contribution < 1.29 is 4.79 Å². The molecule has 1 aliphatic rings. The van der Waals surface area contributed by atoms with E-state index in [9.17, 15) is 4.79 Å². The molecule has 0 bridgehead atoms. The molecule has 0 spiro atoms. The Labute approximate surface area is 107 Å². The molecule has 3 rings (SSSR count). The second-order valence-electron chi connectivity index (χ2n) is 4.60. The normalized spacial score (nSPS) is 14.2. The number of carbonyl (C=O) groups is 1. The summed E-state index contributed by atoms with van der Waals surface area (Å²) in [6, 6.07) is 19.1. The van der Waals surface area contributed by atoms with E-state index >= 15 is 0 Å². The maximum absolute atomic E-state index is 12.0. The summed E-state index contributed by atoms with van der Waals surface area (Å²) in [5.74, 6) is 0.0173. The lowest BCUT2D eigenvalue weighted by atomic mass is 10.0. The SMILES string of the molecule is O=C(NC1CC1)c1cc[c]c(-c2ccccc2)c1. The van der Waals surface area contributed by atoms with Crippen LogP contribution < -0.4 is 5.32 Å². The highest BCUT2D eigenvalue weighted by atomic mass is 16.1. The van der Waals surface area contributed by atoms with E-state index in [0.717, 1.165) is 24.0 Å². The van der Waals surface area contributed by atoms with E-state index in [0.29, 0.717) is 11.6 Å². The van der Waals surface area contributed by atoms with Crippen molar-refractivity contribution >= 4 is 5.91 Å². The summed E-state index contributed by atoms with van der Waals surface area (Å²) in [5, 5.41) is 3.00. The predicted molar refractivity (Wildman–Crippen MR) is 71.2 cm³/mol. The molecule has 0 aliphatic heterocycles. The average Bonchev–Trinajstić information content (AvgIpc) is 3.24. The molecule has 2 aromatic carbocycles. The fourth-order valence-electron chi connectivity index (χ4n) is 1.89. The molecular weight excluding hydrogens is 222 g/mol. The Morgan fingerprint density at radius 2 is 1.94 bits per heavy atom. The Kier molecular flexibility index (Phi) is 2.85. The van der Waals surface area contributed by atoms with E-state index in [-0.39, 0.29) is 5.91 Å². The minimum Gasteiger partial charge on any atom is -0.349 e. The Morgan fingerprint density at radius 3 is 2.67 bits per heavy atom. The van der Waals surface area contributed by atoms with Gasteiger partial charge in [0.1, 0.15) is 0 Å². The van der Waals surface area contributed by atoms with Crippen LogP contribution in [-0.4, -0.2) is 11.9 Å². The molecule has 2 aromatic rings. The van der Waals surface area contributed by atoms with Crippen LogP contribution in [0.4, 0.5) is 0 Å². The molecule has 89 valence electrons. The highest BCUT2D eigenvalue weighted by Gasteiger charge is 2.23. The van der Waals surface area contributed by atoms with E-state index < -0.39 is 0 Å². The van der Waals surface area contributed by atoms with Crippen molar-refractivity contribution in [3.05, 3.63) is 60.2 Å². The second-order valence-corrected chi connectivity index (χ2v) is 4.60. The van der Waals surface area contributed by atoms with Gasteiger partial charge in [-0.2, -0.15) is 0 Å². The average molecular weight is 236 g/mol. The first kappa shape index (κ1) is 11.0. The molecule has 1 radical (unpaired) electrons. The van der Waals surface area contributed by atoms with E-state index in [1.54, 1.807) is 0 Å². The number of hydrogen-bond donors (Lipinski definition) is 1. The van der Waals surface area contributed by atoms with Crippen LogP contribution in [0, 0.1) is 6.07 Å². The van der Waals surface area contributed by atoms with Gasteiger partial charge in [-0.3, -0.25) is 4.79 Å². The van der Waals surface area contributed by atoms with E-state index in [1.807, 2.05) is 48.5 Å². The first-order valence-corrected chi connectivity index (χ1v) is 6.21. The van der Waals surface area contributed by atoms with Gasteiger partial charge >= 0.3 is 0 Å². The fraction of sp³-hybridized carbons (Fsp3) is 0.188. The van der Waals surface area contributed by atoms with Gasteiger partial charge in [0.05, 0.1) is 0 Å². The standard InChI is InChI=1S/C16H14NO/c18-16(17-15-9-10-15)14-8-4-7-13(11-14)12-5-2-1-3-6-12/h1-6,8,11,15H,9-10H2,(H,17,18). The maximum Gasteiger partial charge on any atom is 0.251 e. The molecule has 0 aromatic heterocycles. The minimum atomic E-state index is 0.0173. The molecule has 2 nitrogen and oxygen atoms in total. The van der Waals surface area contributed by atoms with E-state index in [4.69, 9.17) is 0 Å². The van der Waals surface area contributed by atoms with E-state index in [1.165, 1.54) is 0 Å². The van der Waals surface area contributed by atoms with Gasteiger partial charge in [0.2, 0.25) is 0 Å². The van der Waals surface area contributed by atoms with Crippen molar-refractivity contribution in [1.82, 2.24) is 5.32 Å². The Bertz CT molecular complexity index is 558. The number of carbonyl (C=O) groups excluding carboxylic acids is 1. The Morgan fingerprint density at radius 1 is 1.17 bits per heavy atom. The highest BCUT2D eigenvalue weighted by Crippen LogP contribution is 2.22. The summed E-state index contributed by atoms with van der Waals surface area (Å²) in [6.07, 6.45) is 2.21. The molecular formula is C16H14NO. The summed E-state index contributed by atoms with van der Waals surface area (Å²) in [6.45, 7) is 0. The molecule has 1 amide bonds. The molecule has 0 saturated heterocycles. The summed E-state index contributed by atoms with van der Waals surface area (Å²) < 4.78 is 0. The van der Waals surface area contributed by atoms with Crippen LogP contribution in [0.2, 0.25) is 0 Å². The van der Waals surface area contributed by atoms with Gasteiger partial charge in [-0.15, -0.1) is 0 Å². The third-order valence-corrected chi connectivity index (χ3v) is 3.06. The first-order chi connectivity index (χ1) is 8.83. The van der Waals surface area contributed by atoms with Crippen LogP contribution in [-0.2, 0) is 0 Å². The van der Waals surface area contributed by atoms with Crippen LogP contribution in [0.3, 0.4) is 0 Å². The van der Waals surface area contributed by atoms with Crippen molar-refractivity contribution in [1.29, 1.82) is 0 Å². The van der Waals surface area contributed by atoms with Crippen molar-refractivity contribution in [2.45, 2.75) is 18.9 Å². The lowest BCUT2D eigenvalue weighted by Gasteiger charge is -2.06. The largest absolute Gasteiger partial charge is 0.349 e. The quantitative estimate of drug-likeness (QED) is 0.872. The number of nitrogens with one attached hydrogen (secondary N) is 1. The molecule has 0 heterocycles. The maximum atomic E-state index is 12.0. The Balaban J connectivity index is 1.86. The van der Waals surface area contributed by atoms with Crippen molar-refractivity contribution in [2.24, 2.45) is 0 Å². The van der Waals surface area contributed by atoms with Crippen LogP contribution in [0.25, 0.3) is 11.1 Å². The van der Waals surface area contributed by atoms with Gasteiger partial charge in [0.25, 0.3) is 5.91 Å². The van der Waals surface area contributed by atoms with Gasteiger partial charge in [-0.1, -0.05) is 36.4 Å². The summed E-state index contributed by atoms with van der Waals surface area (Å²) in [5.41, 5.74) is 2.75. The summed E-state index contributed by atoms with van der Waals surface area (Å²) >= 11 is 0. The zero-order valence-electron chi connectivity index (χ0n) is 10.0. The number of benzene rings is 2. The fourth-order valence-corrected chi connectivity index (χ4v) is 1.89. The molecule has 1 N–H and O–H groups in total. The van der Waals surface area contributed by atoms with Crippen LogP contribution >= 0.6 is 0 Å². The number of rotatable bonds is 3. The molecule has 18 heavy (non-hydrogen) atoms. The van der Waals surface area contributed by atoms with Gasteiger partial charge in [-0.05, 0) is 42.2 Å². The monoisotopic (exact) mass is 236 g/mol. The predicted octanol–water partition coefficient (Wildman–Crippen LogP) is 3.05.